The largest absolute Gasteiger partial charge is 0.350 e. The predicted molar refractivity (Wildman–Crippen MR) is 138 cm³/mol. The van der Waals surface area contributed by atoms with Crippen molar-refractivity contribution < 1.29 is 18.8 Å². The summed E-state index contributed by atoms with van der Waals surface area (Å²) in [4.78, 5) is 44.1. The van der Waals surface area contributed by atoms with Gasteiger partial charge in [0.1, 0.15) is 5.82 Å². The Kier molecular flexibility index (Phi) is 7.20. The van der Waals surface area contributed by atoms with Crippen LogP contribution in [0.5, 0.6) is 0 Å². The lowest BCUT2D eigenvalue weighted by atomic mass is 10.0. The molecule has 9 heteroatoms. The number of hydrogen-bond donors (Lipinski definition) is 0. The highest BCUT2D eigenvalue weighted by Crippen LogP contribution is 2.30. The summed E-state index contributed by atoms with van der Waals surface area (Å²) in [5, 5.41) is 0.807. The number of Topliss-reactive ketones (excluding diaryl/α,β-unsaturated/α-hetero) is 1. The zero-order valence-electron chi connectivity index (χ0n) is 21.1. The highest BCUT2D eigenvalue weighted by atomic mass is 35.5. The third kappa shape index (κ3) is 4.88. The summed E-state index contributed by atoms with van der Waals surface area (Å²) in [6.07, 6.45) is 1.60. The number of ketones is 1. The second-order valence-corrected chi connectivity index (χ2v) is 10.2. The Hall–Kier alpha value is -3.23. The van der Waals surface area contributed by atoms with Crippen molar-refractivity contribution in [2.24, 2.45) is 7.05 Å². The molecule has 1 aliphatic heterocycles. The lowest BCUT2D eigenvalue weighted by Gasteiger charge is -2.44. The molecule has 1 aromatic heterocycles. The van der Waals surface area contributed by atoms with Crippen molar-refractivity contribution in [1.29, 1.82) is 0 Å². The Labute approximate surface area is 215 Å². The highest BCUT2D eigenvalue weighted by Gasteiger charge is 2.34. The number of nitrogens with zero attached hydrogens (tertiary/aromatic N) is 4. The molecule has 0 N–H and O–H groups in total. The number of rotatable bonds is 5. The smallest absolute Gasteiger partial charge is 0.294 e. The molecule has 36 heavy (non-hydrogen) atoms. The van der Waals surface area contributed by atoms with Crippen LogP contribution in [-0.2, 0) is 18.4 Å². The number of aromatic nitrogens is 1. The molecular formula is C27H30ClFN4O3. The molecule has 2 amide bonds. The van der Waals surface area contributed by atoms with Gasteiger partial charge < -0.3 is 14.4 Å². The number of piperazine rings is 1. The molecule has 7 nitrogen and oxygen atoms in total. The first-order valence-corrected chi connectivity index (χ1v) is 12.2. The van der Waals surface area contributed by atoms with Gasteiger partial charge in [0.2, 0.25) is 0 Å². The molecule has 0 bridgehead atoms. The predicted octanol–water partition coefficient (Wildman–Crippen LogP) is 3.98. The van der Waals surface area contributed by atoms with Crippen LogP contribution in [0.1, 0.15) is 40.1 Å². The monoisotopic (exact) mass is 512 g/mol. The number of fused-ring (bicyclic) bond motifs is 1. The summed E-state index contributed by atoms with van der Waals surface area (Å²) in [6.45, 7) is 5.85. The maximum absolute atomic E-state index is 13.7. The lowest BCUT2D eigenvalue weighted by molar-refractivity contribution is -0.124. The Balaban J connectivity index is 1.60. The summed E-state index contributed by atoms with van der Waals surface area (Å²) in [5.41, 5.74) is 2.21. The lowest BCUT2D eigenvalue weighted by Crippen LogP contribution is -2.57. The minimum atomic E-state index is -0.636. The average Bonchev–Trinajstić information content (AvgIpc) is 3.15. The van der Waals surface area contributed by atoms with Crippen LogP contribution in [0.25, 0.3) is 10.9 Å². The molecule has 2 atom stereocenters. The molecule has 3 aromatic rings. The van der Waals surface area contributed by atoms with Gasteiger partial charge in [0, 0.05) is 64.4 Å². The fourth-order valence-corrected chi connectivity index (χ4v) is 4.99. The molecular weight excluding hydrogens is 483 g/mol. The summed E-state index contributed by atoms with van der Waals surface area (Å²) in [7, 11) is 4.81. The molecule has 1 saturated heterocycles. The maximum atomic E-state index is 13.7. The van der Waals surface area contributed by atoms with Crippen molar-refractivity contribution in [3.63, 3.8) is 0 Å². The van der Waals surface area contributed by atoms with Gasteiger partial charge in [-0.15, -0.1) is 0 Å². The van der Waals surface area contributed by atoms with Gasteiger partial charge >= 0.3 is 0 Å². The van der Waals surface area contributed by atoms with E-state index in [1.165, 1.54) is 31.1 Å². The van der Waals surface area contributed by atoms with Crippen LogP contribution < -0.4 is 0 Å². The quantitative estimate of drug-likeness (QED) is 0.383. The molecule has 4 rings (SSSR count). The van der Waals surface area contributed by atoms with Crippen LogP contribution in [0, 0.1) is 5.82 Å². The molecule has 2 heterocycles. The van der Waals surface area contributed by atoms with Crippen LogP contribution in [0.15, 0.2) is 42.6 Å². The minimum Gasteiger partial charge on any atom is -0.350 e. The zero-order chi connectivity index (χ0) is 26.3. The van der Waals surface area contributed by atoms with Gasteiger partial charge in [-0.1, -0.05) is 23.7 Å². The number of aryl methyl sites for hydroxylation is 1. The van der Waals surface area contributed by atoms with E-state index in [9.17, 15) is 18.8 Å². The molecule has 190 valence electrons. The third-order valence-electron chi connectivity index (χ3n) is 6.83. The molecule has 0 radical (unpaired) electrons. The van der Waals surface area contributed by atoms with Crippen molar-refractivity contribution >= 4 is 40.1 Å². The number of benzene rings is 2. The molecule has 0 saturated carbocycles. The van der Waals surface area contributed by atoms with Crippen molar-refractivity contribution in [2.75, 3.05) is 27.2 Å². The van der Waals surface area contributed by atoms with Crippen LogP contribution in [0.4, 0.5) is 4.39 Å². The fraction of sp³-hybridized carbons (Fsp3) is 0.370. The Morgan fingerprint density at radius 1 is 1.03 bits per heavy atom. The molecule has 0 unspecified atom stereocenters. The first kappa shape index (κ1) is 25.9. The number of likely N-dealkylation sites (N-methyl/N-ethyl adjacent to an activating group) is 1. The van der Waals surface area contributed by atoms with E-state index in [1.54, 1.807) is 47.0 Å². The van der Waals surface area contributed by atoms with Crippen molar-refractivity contribution in [2.45, 2.75) is 32.5 Å². The summed E-state index contributed by atoms with van der Waals surface area (Å²) in [6, 6.07) is 9.74. The van der Waals surface area contributed by atoms with E-state index in [-0.39, 0.29) is 29.4 Å². The molecule has 2 aromatic carbocycles. The molecule has 0 spiro atoms. The second kappa shape index (κ2) is 10.0. The van der Waals surface area contributed by atoms with Gasteiger partial charge in [0.05, 0.1) is 21.7 Å². The van der Waals surface area contributed by atoms with E-state index in [2.05, 4.69) is 11.8 Å². The van der Waals surface area contributed by atoms with Crippen molar-refractivity contribution in [3.8, 4) is 0 Å². The molecule has 1 aliphatic rings. The van der Waals surface area contributed by atoms with E-state index in [0.717, 1.165) is 5.56 Å². The van der Waals surface area contributed by atoms with Gasteiger partial charge in [0.15, 0.2) is 0 Å². The SMILES string of the molecule is C[C@@H]1CN(C(=O)c2cc3c(C(=O)C(=O)N(C)C)cn(C)c3cc2Cl)[C@@H](C)CN1Cc1ccc(F)cc1. The first-order valence-electron chi connectivity index (χ1n) is 11.8. The Morgan fingerprint density at radius 3 is 2.33 bits per heavy atom. The topological polar surface area (TPSA) is 65.9 Å². The van der Waals surface area contributed by atoms with Gasteiger partial charge in [0.25, 0.3) is 17.6 Å². The minimum absolute atomic E-state index is 0.0734. The van der Waals surface area contributed by atoms with E-state index in [4.69, 9.17) is 11.6 Å². The van der Waals surface area contributed by atoms with E-state index in [1.807, 2.05) is 6.92 Å². The maximum Gasteiger partial charge on any atom is 0.294 e. The molecule has 0 aliphatic carbocycles. The number of halogens is 2. The standard InChI is InChI=1S/C27H30ClFN4O3/c1-16-13-33(17(2)12-32(16)14-18-6-8-19(29)9-7-18)26(35)21-10-20-22(25(34)27(36)30(3)4)15-31(5)24(20)11-23(21)28/h6-11,15-17H,12-14H2,1-5H3/t16-,17+/m1/s1. The number of amides is 2. The van der Waals surface area contributed by atoms with E-state index in [0.29, 0.717) is 41.1 Å². The summed E-state index contributed by atoms with van der Waals surface area (Å²) in [5.74, 6) is -1.75. The van der Waals surface area contributed by atoms with Gasteiger partial charge in [-0.05, 0) is 43.7 Å². The average molecular weight is 513 g/mol. The van der Waals surface area contributed by atoms with E-state index < -0.39 is 11.7 Å². The van der Waals surface area contributed by atoms with Crippen LogP contribution in [0.2, 0.25) is 5.02 Å². The fourth-order valence-electron chi connectivity index (χ4n) is 4.75. The number of carbonyl (C=O) groups is 3. The van der Waals surface area contributed by atoms with Crippen molar-refractivity contribution in [3.05, 3.63) is 70.1 Å². The van der Waals surface area contributed by atoms with Crippen LogP contribution >= 0.6 is 11.6 Å². The van der Waals surface area contributed by atoms with Gasteiger partial charge in [-0.25, -0.2) is 4.39 Å². The van der Waals surface area contributed by atoms with E-state index >= 15 is 0 Å². The van der Waals surface area contributed by atoms with Crippen molar-refractivity contribution in [1.82, 2.24) is 19.3 Å². The van der Waals surface area contributed by atoms with Gasteiger partial charge in [-0.2, -0.15) is 0 Å². The normalized spacial score (nSPS) is 18.5. The van der Waals surface area contributed by atoms with Crippen LogP contribution in [-0.4, -0.2) is 76.1 Å². The summed E-state index contributed by atoms with van der Waals surface area (Å²) < 4.78 is 15.0. The zero-order valence-corrected chi connectivity index (χ0v) is 21.8. The Bertz CT molecular complexity index is 1340. The Morgan fingerprint density at radius 2 is 1.69 bits per heavy atom. The number of carbonyl (C=O) groups excluding carboxylic acids is 3. The highest BCUT2D eigenvalue weighted by molar-refractivity contribution is 6.45. The second-order valence-electron chi connectivity index (χ2n) is 9.74. The number of hydrogen-bond acceptors (Lipinski definition) is 4. The third-order valence-corrected chi connectivity index (χ3v) is 7.14. The molecule has 1 fully saturated rings. The first-order chi connectivity index (χ1) is 17.0. The summed E-state index contributed by atoms with van der Waals surface area (Å²) >= 11 is 6.56. The van der Waals surface area contributed by atoms with Crippen LogP contribution in [0.3, 0.4) is 0 Å². The van der Waals surface area contributed by atoms with Gasteiger partial charge in [-0.3, -0.25) is 19.3 Å².